The summed E-state index contributed by atoms with van der Waals surface area (Å²) in [5.41, 5.74) is 0.532. The number of nitrogens with one attached hydrogen (secondary N) is 1. The molecule has 0 aliphatic carbocycles. The smallest absolute Gasteiger partial charge is 0.234 e. The maximum Gasteiger partial charge on any atom is 0.234 e. The molecular formula is C20H20FN3O2. The van der Waals surface area contributed by atoms with Gasteiger partial charge in [0.2, 0.25) is 5.91 Å². The SMILES string of the molecule is O=C(CN1CCCC1)NCC#Cc1cnccc1Oc1ccccc1F. The molecule has 26 heavy (non-hydrogen) atoms. The lowest BCUT2D eigenvalue weighted by Crippen LogP contribution is -2.35. The summed E-state index contributed by atoms with van der Waals surface area (Å²) in [5.74, 6) is 5.86. The van der Waals surface area contributed by atoms with Crippen LogP contribution in [0.4, 0.5) is 4.39 Å². The Morgan fingerprint density at radius 3 is 2.85 bits per heavy atom. The Bertz CT molecular complexity index is 823. The topological polar surface area (TPSA) is 54.5 Å². The summed E-state index contributed by atoms with van der Waals surface area (Å²) in [6, 6.07) is 7.80. The first kappa shape index (κ1) is 17.9. The lowest BCUT2D eigenvalue weighted by Gasteiger charge is -2.12. The minimum Gasteiger partial charge on any atom is -0.453 e. The number of nitrogens with zero attached hydrogens (tertiary/aromatic N) is 2. The Kier molecular flexibility index (Phi) is 6.18. The van der Waals surface area contributed by atoms with Gasteiger partial charge in [-0.15, -0.1) is 0 Å². The summed E-state index contributed by atoms with van der Waals surface area (Å²) < 4.78 is 19.3. The summed E-state index contributed by atoms with van der Waals surface area (Å²) in [7, 11) is 0. The molecule has 5 nitrogen and oxygen atoms in total. The van der Waals surface area contributed by atoms with Crippen molar-refractivity contribution in [3.63, 3.8) is 0 Å². The molecule has 0 saturated carbocycles. The number of likely N-dealkylation sites (tertiary alicyclic amines) is 1. The zero-order valence-electron chi connectivity index (χ0n) is 14.4. The number of carbonyl (C=O) groups excluding carboxylic acids is 1. The van der Waals surface area contributed by atoms with Gasteiger partial charge >= 0.3 is 0 Å². The molecule has 1 fully saturated rings. The van der Waals surface area contributed by atoms with Crippen molar-refractivity contribution in [1.82, 2.24) is 15.2 Å². The summed E-state index contributed by atoms with van der Waals surface area (Å²) in [4.78, 5) is 18.0. The van der Waals surface area contributed by atoms with Gasteiger partial charge in [0, 0.05) is 18.5 Å². The van der Waals surface area contributed by atoms with Gasteiger partial charge in [0.15, 0.2) is 11.6 Å². The molecule has 1 aromatic heterocycles. The number of halogens is 1. The quantitative estimate of drug-likeness (QED) is 0.840. The largest absolute Gasteiger partial charge is 0.453 e. The van der Waals surface area contributed by atoms with Gasteiger partial charge in [-0.05, 0) is 38.1 Å². The van der Waals surface area contributed by atoms with Crippen LogP contribution in [0.3, 0.4) is 0 Å². The van der Waals surface area contributed by atoms with E-state index in [-0.39, 0.29) is 18.2 Å². The van der Waals surface area contributed by atoms with E-state index in [0.717, 1.165) is 25.9 Å². The second kappa shape index (κ2) is 8.97. The molecule has 0 spiro atoms. The minimum atomic E-state index is -0.447. The molecule has 1 saturated heterocycles. The van der Waals surface area contributed by atoms with E-state index in [1.165, 1.54) is 6.07 Å². The van der Waals surface area contributed by atoms with Crippen LogP contribution in [0.15, 0.2) is 42.7 Å². The van der Waals surface area contributed by atoms with E-state index in [9.17, 15) is 9.18 Å². The monoisotopic (exact) mass is 353 g/mol. The average Bonchev–Trinajstić information content (AvgIpc) is 3.15. The number of aromatic nitrogens is 1. The normalized spacial score (nSPS) is 13.7. The van der Waals surface area contributed by atoms with E-state index in [4.69, 9.17) is 4.74 Å². The number of pyridine rings is 1. The molecule has 1 aliphatic heterocycles. The number of amides is 1. The summed E-state index contributed by atoms with van der Waals surface area (Å²) in [5, 5.41) is 2.78. The fourth-order valence-corrected chi connectivity index (χ4v) is 2.69. The molecule has 2 aromatic rings. The first-order valence-corrected chi connectivity index (χ1v) is 8.57. The molecule has 134 valence electrons. The van der Waals surface area contributed by atoms with E-state index >= 15 is 0 Å². The van der Waals surface area contributed by atoms with Crippen LogP contribution in [-0.2, 0) is 4.79 Å². The van der Waals surface area contributed by atoms with Crippen molar-refractivity contribution in [3.8, 4) is 23.3 Å². The van der Waals surface area contributed by atoms with Crippen LogP contribution in [0.5, 0.6) is 11.5 Å². The van der Waals surface area contributed by atoms with Crippen LogP contribution >= 0.6 is 0 Å². The van der Waals surface area contributed by atoms with Gasteiger partial charge in [-0.3, -0.25) is 14.7 Å². The minimum absolute atomic E-state index is 0.0322. The Hall–Kier alpha value is -2.91. The van der Waals surface area contributed by atoms with E-state index in [2.05, 4.69) is 27.0 Å². The van der Waals surface area contributed by atoms with Crippen molar-refractivity contribution in [2.24, 2.45) is 0 Å². The maximum absolute atomic E-state index is 13.7. The number of carbonyl (C=O) groups is 1. The average molecular weight is 353 g/mol. The number of benzene rings is 1. The van der Waals surface area contributed by atoms with Gasteiger partial charge in [-0.1, -0.05) is 24.0 Å². The highest BCUT2D eigenvalue weighted by atomic mass is 19.1. The van der Waals surface area contributed by atoms with Crippen molar-refractivity contribution in [1.29, 1.82) is 0 Å². The van der Waals surface area contributed by atoms with E-state index in [1.54, 1.807) is 36.7 Å². The number of para-hydroxylation sites is 1. The summed E-state index contributed by atoms with van der Waals surface area (Å²) >= 11 is 0. The summed E-state index contributed by atoms with van der Waals surface area (Å²) in [6.45, 7) is 2.61. The van der Waals surface area contributed by atoms with Gasteiger partial charge in [-0.2, -0.15) is 0 Å². The second-order valence-electron chi connectivity index (χ2n) is 5.97. The predicted octanol–water partition coefficient (Wildman–Crippen LogP) is 2.58. The van der Waals surface area contributed by atoms with Crippen LogP contribution < -0.4 is 10.1 Å². The standard InChI is InChI=1S/C20H20FN3O2/c21-17-7-1-2-8-19(17)26-18-9-11-22-14-16(18)6-5-10-23-20(25)15-24-12-3-4-13-24/h1-2,7-9,11,14H,3-4,10,12-13,15H2,(H,23,25). The third-order valence-electron chi connectivity index (χ3n) is 4.00. The molecule has 1 aliphatic rings. The first-order valence-electron chi connectivity index (χ1n) is 8.57. The van der Waals surface area contributed by atoms with Gasteiger partial charge in [-0.25, -0.2) is 4.39 Å². The highest BCUT2D eigenvalue weighted by Gasteiger charge is 2.14. The Balaban J connectivity index is 1.57. The Morgan fingerprint density at radius 1 is 1.23 bits per heavy atom. The van der Waals surface area contributed by atoms with Crippen molar-refractivity contribution in [2.45, 2.75) is 12.8 Å². The number of ether oxygens (including phenoxy) is 1. The molecule has 3 rings (SSSR count). The number of hydrogen-bond acceptors (Lipinski definition) is 4. The Morgan fingerprint density at radius 2 is 2.04 bits per heavy atom. The molecule has 6 heteroatoms. The van der Waals surface area contributed by atoms with Crippen molar-refractivity contribution < 1.29 is 13.9 Å². The fraction of sp³-hybridized carbons (Fsp3) is 0.300. The molecule has 1 amide bonds. The fourth-order valence-electron chi connectivity index (χ4n) is 2.69. The summed E-state index contributed by atoms with van der Waals surface area (Å²) in [6.07, 6.45) is 5.41. The molecule has 0 bridgehead atoms. The van der Waals surface area contributed by atoms with Crippen molar-refractivity contribution >= 4 is 5.91 Å². The highest BCUT2D eigenvalue weighted by molar-refractivity contribution is 5.78. The van der Waals surface area contributed by atoms with Gasteiger partial charge in [0.05, 0.1) is 18.7 Å². The molecule has 1 N–H and O–H groups in total. The van der Waals surface area contributed by atoms with E-state index in [1.807, 2.05) is 0 Å². The number of hydrogen-bond donors (Lipinski definition) is 1. The van der Waals surface area contributed by atoms with Crippen LogP contribution in [0.25, 0.3) is 0 Å². The van der Waals surface area contributed by atoms with E-state index in [0.29, 0.717) is 17.9 Å². The lowest BCUT2D eigenvalue weighted by atomic mass is 10.2. The lowest BCUT2D eigenvalue weighted by molar-refractivity contribution is -0.121. The number of rotatable bonds is 5. The first-order chi connectivity index (χ1) is 12.7. The second-order valence-corrected chi connectivity index (χ2v) is 5.97. The zero-order valence-corrected chi connectivity index (χ0v) is 14.4. The molecule has 0 unspecified atom stereocenters. The van der Waals surface area contributed by atoms with Crippen LogP contribution in [0.1, 0.15) is 18.4 Å². The van der Waals surface area contributed by atoms with Crippen LogP contribution in [0, 0.1) is 17.7 Å². The third-order valence-corrected chi connectivity index (χ3v) is 4.00. The zero-order chi connectivity index (χ0) is 18.2. The van der Waals surface area contributed by atoms with Gasteiger partial charge in [0.25, 0.3) is 0 Å². The van der Waals surface area contributed by atoms with Gasteiger partial charge < -0.3 is 10.1 Å². The predicted molar refractivity (Wildman–Crippen MR) is 96.3 cm³/mol. The van der Waals surface area contributed by atoms with Crippen molar-refractivity contribution in [3.05, 3.63) is 54.1 Å². The van der Waals surface area contributed by atoms with Crippen molar-refractivity contribution in [2.75, 3.05) is 26.2 Å². The van der Waals surface area contributed by atoms with Crippen LogP contribution in [-0.4, -0.2) is 42.0 Å². The maximum atomic E-state index is 13.7. The molecular weight excluding hydrogens is 333 g/mol. The molecule has 0 radical (unpaired) electrons. The molecule has 2 heterocycles. The van der Waals surface area contributed by atoms with Crippen LogP contribution in [0.2, 0.25) is 0 Å². The molecule has 1 aromatic carbocycles. The third kappa shape index (κ3) is 5.04. The molecule has 0 atom stereocenters. The Labute approximate surface area is 152 Å². The van der Waals surface area contributed by atoms with E-state index < -0.39 is 5.82 Å². The van der Waals surface area contributed by atoms with Gasteiger partial charge in [0.1, 0.15) is 5.75 Å². The highest BCUT2D eigenvalue weighted by Crippen LogP contribution is 2.26.